The maximum Gasteiger partial charge on any atom is 0.328 e. The van der Waals surface area contributed by atoms with E-state index in [0.29, 0.717) is 60.4 Å². The van der Waals surface area contributed by atoms with Gasteiger partial charge in [0.2, 0.25) is 11.8 Å². The second kappa shape index (κ2) is 26.1. The lowest BCUT2D eigenvalue weighted by Crippen LogP contribution is -2.56. The molecule has 14 nitrogen and oxygen atoms in total. The number of carbonyl (C=O) groups is 4. The van der Waals surface area contributed by atoms with Gasteiger partial charge in [0.05, 0.1) is 6.61 Å². The average molecular weight is 937 g/mol. The van der Waals surface area contributed by atoms with E-state index in [1.165, 1.54) is 0 Å². The Morgan fingerprint density at radius 2 is 1.27 bits per heavy atom. The van der Waals surface area contributed by atoms with Gasteiger partial charge in [-0.05, 0) is 115 Å². The molecule has 0 radical (unpaired) electrons. The van der Waals surface area contributed by atoms with Gasteiger partial charge in [0.25, 0.3) is 5.91 Å². The molecule has 0 saturated carbocycles. The van der Waals surface area contributed by atoms with Crippen molar-refractivity contribution >= 4 is 62.8 Å². The molecule has 0 aliphatic rings. The first kappa shape index (κ1) is 51.6. The van der Waals surface area contributed by atoms with Crippen LogP contribution in [0.25, 0.3) is 32.7 Å². The van der Waals surface area contributed by atoms with Gasteiger partial charge < -0.3 is 46.9 Å². The number of nitrogens with one attached hydrogen (secondary N) is 5. The molecule has 3 atom stereocenters. The van der Waals surface area contributed by atoms with Crippen molar-refractivity contribution in [3.63, 3.8) is 0 Å². The molecule has 0 aliphatic carbocycles. The van der Waals surface area contributed by atoms with Crippen LogP contribution in [0.5, 0.6) is 11.5 Å². The maximum absolute atomic E-state index is 14.2. The number of fused-ring (bicyclic) bond motifs is 2. The van der Waals surface area contributed by atoms with E-state index in [2.05, 4.69) is 41.2 Å². The SMILES string of the molecule is CC(C)CCOc1ccc2ccccc2c1-c1c(OCC(=O)N[C@H](CCCCN)C(=O)N[C@H](CCCNC(=N)N)C(=O)N[C@@H](CC(C)C)C(=O)OCc2cccc(Cl)c2)ccc2ccccc12. The molecular formula is C52H66ClN7O7. The summed E-state index contributed by atoms with van der Waals surface area (Å²) in [4.78, 5) is 55.6. The molecule has 0 saturated heterocycles. The summed E-state index contributed by atoms with van der Waals surface area (Å²) in [5.41, 5.74) is 13.6. The lowest BCUT2D eigenvalue weighted by Gasteiger charge is -2.26. The van der Waals surface area contributed by atoms with Gasteiger partial charge >= 0.3 is 5.97 Å². The molecule has 0 bridgehead atoms. The van der Waals surface area contributed by atoms with Gasteiger partial charge in [0.15, 0.2) is 12.6 Å². The minimum atomic E-state index is -1.13. The number of guanidine groups is 1. The Kier molecular flexibility index (Phi) is 20.1. The van der Waals surface area contributed by atoms with Crippen molar-refractivity contribution in [3.8, 4) is 22.6 Å². The molecule has 358 valence electrons. The van der Waals surface area contributed by atoms with Crippen molar-refractivity contribution in [2.75, 3.05) is 26.3 Å². The number of nitrogens with two attached hydrogens (primary N) is 2. The predicted molar refractivity (Wildman–Crippen MR) is 266 cm³/mol. The van der Waals surface area contributed by atoms with Gasteiger partial charge in [-0.3, -0.25) is 19.8 Å². The van der Waals surface area contributed by atoms with Crippen LogP contribution in [0.2, 0.25) is 5.02 Å². The molecule has 15 heteroatoms. The third kappa shape index (κ3) is 15.9. The first-order valence-corrected chi connectivity index (χ1v) is 23.5. The van der Waals surface area contributed by atoms with E-state index in [1.54, 1.807) is 24.3 Å². The molecule has 0 spiro atoms. The third-order valence-electron chi connectivity index (χ3n) is 11.1. The molecule has 0 aromatic heterocycles. The summed E-state index contributed by atoms with van der Waals surface area (Å²) in [5, 5.41) is 23.1. The highest BCUT2D eigenvalue weighted by atomic mass is 35.5. The number of hydrogen-bond acceptors (Lipinski definition) is 9. The molecule has 5 rings (SSSR count). The van der Waals surface area contributed by atoms with Crippen LogP contribution in [0.4, 0.5) is 0 Å². The summed E-state index contributed by atoms with van der Waals surface area (Å²) >= 11 is 6.12. The summed E-state index contributed by atoms with van der Waals surface area (Å²) in [6.45, 7) is 8.82. The van der Waals surface area contributed by atoms with Gasteiger partial charge in [-0.25, -0.2) is 4.79 Å². The standard InChI is InChI=1S/C52H66ClN7O7/c1-33(2)25-28-65-44-23-21-36-14-5-7-17-39(36)47(44)48-40-18-8-6-15-37(40)22-24-45(48)66-32-46(61)58-41(19-9-10-26-54)49(62)59-42(20-12-27-57-52(55)56)50(63)60-43(29-34(3)4)51(64)67-31-35-13-11-16-38(53)30-35/h5-8,11,13-18,21-24,30,33-34,41-43H,9-10,12,19-20,25-29,31-32,54H2,1-4H3,(H,58,61)(H,59,62)(H,60,63)(H4,55,56,57)/t41-,42-,43+/m1/s1. The van der Waals surface area contributed by atoms with Crippen LogP contribution in [0.1, 0.15) is 78.2 Å². The first-order chi connectivity index (χ1) is 32.2. The molecule has 0 heterocycles. The highest BCUT2D eigenvalue weighted by molar-refractivity contribution is 6.30. The van der Waals surface area contributed by atoms with Gasteiger partial charge in [-0.1, -0.05) is 112 Å². The molecule has 0 unspecified atom stereocenters. The van der Waals surface area contributed by atoms with Crippen molar-refractivity contribution in [1.82, 2.24) is 21.3 Å². The highest BCUT2D eigenvalue weighted by Crippen LogP contribution is 2.45. The second-order valence-electron chi connectivity index (χ2n) is 17.5. The fraction of sp³-hybridized carbons (Fsp3) is 0.404. The Bertz CT molecular complexity index is 2460. The minimum absolute atomic E-state index is 0.00371. The van der Waals surface area contributed by atoms with E-state index in [9.17, 15) is 19.2 Å². The number of halogens is 1. The Hall–Kier alpha value is -6.38. The van der Waals surface area contributed by atoms with Crippen LogP contribution < -0.4 is 42.2 Å². The molecule has 67 heavy (non-hydrogen) atoms. The Morgan fingerprint density at radius 3 is 1.87 bits per heavy atom. The first-order valence-electron chi connectivity index (χ1n) is 23.1. The number of rotatable bonds is 26. The van der Waals surface area contributed by atoms with Crippen molar-refractivity contribution < 1.29 is 33.4 Å². The number of amides is 3. The van der Waals surface area contributed by atoms with Gasteiger partial charge in [0, 0.05) is 22.7 Å². The third-order valence-corrected chi connectivity index (χ3v) is 11.4. The monoisotopic (exact) mass is 935 g/mol. The van der Waals surface area contributed by atoms with Crippen LogP contribution in [0.3, 0.4) is 0 Å². The average Bonchev–Trinajstić information content (AvgIpc) is 3.30. The molecule has 3 amide bonds. The fourth-order valence-electron chi connectivity index (χ4n) is 7.71. The smallest absolute Gasteiger partial charge is 0.328 e. The molecule has 5 aromatic rings. The summed E-state index contributed by atoms with van der Waals surface area (Å²) in [7, 11) is 0. The van der Waals surface area contributed by atoms with E-state index in [1.807, 2.05) is 80.6 Å². The van der Waals surface area contributed by atoms with E-state index in [0.717, 1.165) is 39.1 Å². The van der Waals surface area contributed by atoms with Gasteiger partial charge in [-0.2, -0.15) is 0 Å². The van der Waals surface area contributed by atoms with Crippen molar-refractivity contribution in [2.24, 2.45) is 23.3 Å². The van der Waals surface area contributed by atoms with E-state index < -0.39 is 48.4 Å². The molecule has 5 aromatic carbocycles. The Morgan fingerprint density at radius 1 is 0.672 bits per heavy atom. The second-order valence-corrected chi connectivity index (χ2v) is 18.0. The lowest BCUT2D eigenvalue weighted by molar-refractivity contribution is -0.150. The summed E-state index contributed by atoms with van der Waals surface area (Å²) in [5.74, 6) is -1.03. The quantitative estimate of drug-likeness (QED) is 0.0124. The summed E-state index contributed by atoms with van der Waals surface area (Å²) in [6, 6.07) is 27.6. The molecule has 9 N–H and O–H groups in total. The normalized spacial score (nSPS) is 12.6. The summed E-state index contributed by atoms with van der Waals surface area (Å²) < 4.78 is 18.5. The molecule has 0 aliphatic heterocycles. The van der Waals surface area contributed by atoms with Crippen molar-refractivity contribution in [3.05, 3.63) is 108 Å². The number of esters is 1. The zero-order chi connectivity index (χ0) is 48.3. The van der Waals surface area contributed by atoms with Crippen LogP contribution in [0, 0.1) is 17.2 Å². The number of hydrogen-bond donors (Lipinski definition) is 7. The minimum Gasteiger partial charge on any atom is -0.493 e. The largest absolute Gasteiger partial charge is 0.493 e. The Balaban J connectivity index is 1.37. The molecule has 0 fully saturated rings. The maximum atomic E-state index is 14.2. The van der Waals surface area contributed by atoms with Crippen LogP contribution in [-0.4, -0.2) is 74.1 Å². The van der Waals surface area contributed by atoms with Gasteiger partial charge in [0.1, 0.15) is 36.2 Å². The van der Waals surface area contributed by atoms with Crippen molar-refractivity contribution in [2.45, 2.75) is 97.4 Å². The predicted octanol–water partition coefficient (Wildman–Crippen LogP) is 7.75. The van der Waals surface area contributed by atoms with Crippen LogP contribution in [0.15, 0.2) is 97.1 Å². The topological polar surface area (TPSA) is 220 Å². The number of unbranched alkanes of at least 4 members (excludes halogenated alkanes) is 1. The summed E-state index contributed by atoms with van der Waals surface area (Å²) in [6.07, 6.45) is 2.94. The van der Waals surface area contributed by atoms with E-state index in [-0.39, 0.29) is 44.3 Å². The Labute approximate surface area is 398 Å². The fourth-order valence-corrected chi connectivity index (χ4v) is 7.93. The zero-order valence-electron chi connectivity index (χ0n) is 39.0. The number of carbonyl (C=O) groups excluding carboxylic acids is 4. The van der Waals surface area contributed by atoms with Crippen LogP contribution >= 0.6 is 11.6 Å². The molecular weight excluding hydrogens is 870 g/mol. The van der Waals surface area contributed by atoms with E-state index in [4.69, 9.17) is 42.7 Å². The zero-order valence-corrected chi connectivity index (χ0v) is 39.8. The van der Waals surface area contributed by atoms with Gasteiger partial charge in [-0.15, -0.1) is 0 Å². The number of ether oxygens (including phenoxy) is 3. The number of benzene rings is 5. The van der Waals surface area contributed by atoms with E-state index >= 15 is 0 Å². The van der Waals surface area contributed by atoms with Crippen molar-refractivity contribution in [1.29, 1.82) is 5.41 Å². The lowest BCUT2D eigenvalue weighted by atomic mass is 9.92. The van der Waals surface area contributed by atoms with Crippen LogP contribution in [-0.2, 0) is 30.5 Å². The highest BCUT2D eigenvalue weighted by Gasteiger charge is 2.31.